The number of urea groups is 1. The minimum atomic E-state index is -0.265. The molecule has 174 valence electrons. The lowest BCUT2D eigenvalue weighted by molar-refractivity contribution is 0.243. The Morgan fingerprint density at radius 2 is 2.00 bits per heavy atom. The molecule has 2 unspecified atom stereocenters. The van der Waals surface area contributed by atoms with Crippen LogP contribution in [0.2, 0.25) is 5.02 Å². The SMILES string of the molecule is COc1ccc(C2CN(c3ccnc4cn[nH]c34)CCC2NC(=O)Nc2ccc(Cl)cc2)nc1. The first-order valence-electron chi connectivity index (χ1n) is 11.0. The fourth-order valence-electron chi connectivity index (χ4n) is 4.35. The molecule has 1 aliphatic heterocycles. The Morgan fingerprint density at radius 1 is 1.15 bits per heavy atom. The number of anilines is 2. The molecule has 34 heavy (non-hydrogen) atoms. The van der Waals surface area contributed by atoms with E-state index in [4.69, 9.17) is 16.3 Å². The number of pyridine rings is 2. The predicted molar refractivity (Wildman–Crippen MR) is 132 cm³/mol. The Kier molecular flexibility index (Phi) is 6.18. The molecular formula is C24H24ClN7O2. The minimum Gasteiger partial charge on any atom is -0.495 e. The van der Waals surface area contributed by atoms with Gasteiger partial charge in [0.05, 0.1) is 25.2 Å². The molecule has 1 aliphatic rings. The zero-order valence-electron chi connectivity index (χ0n) is 18.5. The van der Waals surface area contributed by atoms with Crippen LogP contribution < -0.4 is 20.3 Å². The van der Waals surface area contributed by atoms with Gasteiger partial charge in [-0.15, -0.1) is 0 Å². The number of carbonyl (C=O) groups excluding carboxylic acids is 1. The normalized spacial score (nSPS) is 18.0. The number of ether oxygens (including phenoxy) is 1. The number of rotatable bonds is 5. The van der Waals surface area contributed by atoms with Crippen molar-refractivity contribution < 1.29 is 9.53 Å². The van der Waals surface area contributed by atoms with Gasteiger partial charge in [-0.2, -0.15) is 5.10 Å². The van der Waals surface area contributed by atoms with Crippen molar-refractivity contribution in [2.75, 3.05) is 30.4 Å². The van der Waals surface area contributed by atoms with E-state index in [2.05, 4.69) is 35.7 Å². The molecule has 0 saturated carbocycles. The van der Waals surface area contributed by atoms with E-state index >= 15 is 0 Å². The summed E-state index contributed by atoms with van der Waals surface area (Å²) in [7, 11) is 1.61. The van der Waals surface area contributed by atoms with Crippen LogP contribution in [0.3, 0.4) is 0 Å². The van der Waals surface area contributed by atoms with Gasteiger partial charge >= 0.3 is 6.03 Å². The molecule has 1 saturated heterocycles. The van der Waals surface area contributed by atoms with Gasteiger partial charge in [-0.1, -0.05) is 11.6 Å². The van der Waals surface area contributed by atoms with Crippen LogP contribution in [-0.4, -0.2) is 52.4 Å². The number of fused-ring (bicyclic) bond motifs is 1. The molecule has 2 atom stereocenters. The van der Waals surface area contributed by atoms with Crippen molar-refractivity contribution in [3.05, 3.63) is 71.8 Å². The summed E-state index contributed by atoms with van der Waals surface area (Å²) < 4.78 is 5.27. The highest BCUT2D eigenvalue weighted by molar-refractivity contribution is 6.30. The summed E-state index contributed by atoms with van der Waals surface area (Å²) in [5.74, 6) is 0.650. The van der Waals surface area contributed by atoms with Gasteiger partial charge < -0.3 is 20.3 Å². The molecule has 4 heterocycles. The van der Waals surface area contributed by atoms with Gasteiger partial charge in [0.1, 0.15) is 16.8 Å². The topological polar surface area (TPSA) is 108 Å². The molecule has 1 aromatic carbocycles. The van der Waals surface area contributed by atoms with Gasteiger partial charge in [-0.25, -0.2) is 4.79 Å². The summed E-state index contributed by atoms with van der Waals surface area (Å²) >= 11 is 5.95. The van der Waals surface area contributed by atoms with E-state index in [1.54, 1.807) is 50.0 Å². The van der Waals surface area contributed by atoms with E-state index in [0.29, 0.717) is 23.0 Å². The molecule has 3 aromatic heterocycles. The molecule has 0 bridgehead atoms. The maximum atomic E-state index is 12.8. The van der Waals surface area contributed by atoms with E-state index in [1.165, 1.54) is 0 Å². The van der Waals surface area contributed by atoms with Gasteiger partial charge in [0.2, 0.25) is 0 Å². The number of benzene rings is 1. The average molecular weight is 478 g/mol. The Balaban J connectivity index is 1.38. The molecule has 5 rings (SSSR count). The number of aromatic nitrogens is 4. The lowest BCUT2D eigenvalue weighted by Gasteiger charge is -2.40. The van der Waals surface area contributed by atoms with Crippen LogP contribution in [0.5, 0.6) is 5.75 Å². The second-order valence-corrected chi connectivity index (χ2v) is 8.57. The maximum Gasteiger partial charge on any atom is 0.319 e. The van der Waals surface area contributed by atoms with Crippen molar-refractivity contribution in [3.63, 3.8) is 0 Å². The van der Waals surface area contributed by atoms with Gasteiger partial charge in [-0.3, -0.25) is 15.1 Å². The monoisotopic (exact) mass is 477 g/mol. The molecule has 1 fully saturated rings. The van der Waals surface area contributed by atoms with E-state index in [9.17, 15) is 4.79 Å². The third-order valence-electron chi connectivity index (χ3n) is 6.07. The second-order valence-electron chi connectivity index (χ2n) is 8.14. The molecule has 0 spiro atoms. The largest absolute Gasteiger partial charge is 0.495 e. The lowest BCUT2D eigenvalue weighted by Crippen LogP contribution is -2.51. The van der Waals surface area contributed by atoms with Crippen LogP contribution in [0, 0.1) is 0 Å². The first-order valence-corrected chi connectivity index (χ1v) is 11.3. The number of amides is 2. The number of methoxy groups -OCH3 is 1. The molecule has 4 aromatic rings. The van der Waals surface area contributed by atoms with Crippen molar-refractivity contribution >= 4 is 40.0 Å². The quantitative estimate of drug-likeness (QED) is 0.397. The smallest absolute Gasteiger partial charge is 0.319 e. The van der Waals surface area contributed by atoms with Gasteiger partial charge in [-0.05, 0) is 48.9 Å². The summed E-state index contributed by atoms with van der Waals surface area (Å²) in [4.78, 5) is 24.1. The zero-order valence-corrected chi connectivity index (χ0v) is 19.3. The van der Waals surface area contributed by atoms with Crippen LogP contribution in [0.25, 0.3) is 11.0 Å². The van der Waals surface area contributed by atoms with Crippen molar-refractivity contribution in [2.45, 2.75) is 18.4 Å². The third kappa shape index (κ3) is 4.60. The summed E-state index contributed by atoms with van der Waals surface area (Å²) in [5.41, 5.74) is 4.31. The van der Waals surface area contributed by atoms with Crippen LogP contribution in [0.15, 0.2) is 61.1 Å². The van der Waals surface area contributed by atoms with Gasteiger partial charge in [0.25, 0.3) is 0 Å². The van der Waals surface area contributed by atoms with Crippen molar-refractivity contribution in [1.29, 1.82) is 0 Å². The fourth-order valence-corrected chi connectivity index (χ4v) is 4.47. The number of nitrogens with zero attached hydrogens (tertiary/aromatic N) is 4. The highest BCUT2D eigenvalue weighted by Gasteiger charge is 2.33. The van der Waals surface area contributed by atoms with Crippen LogP contribution in [0.4, 0.5) is 16.2 Å². The average Bonchev–Trinajstić information content (AvgIpc) is 3.35. The number of aromatic amines is 1. The van der Waals surface area contributed by atoms with Crippen LogP contribution in [-0.2, 0) is 0 Å². The summed E-state index contributed by atoms with van der Waals surface area (Å²) in [6.45, 7) is 1.43. The second kappa shape index (κ2) is 9.56. The number of halogens is 1. The summed E-state index contributed by atoms with van der Waals surface area (Å²) in [6, 6.07) is 12.5. The van der Waals surface area contributed by atoms with Crippen LogP contribution in [0.1, 0.15) is 18.0 Å². The number of hydrogen-bond donors (Lipinski definition) is 3. The number of carbonyl (C=O) groups is 1. The number of hydrogen-bond acceptors (Lipinski definition) is 6. The van der Waals surface area contributed by atoms with E-state index in [0.717, 1.165) is 35.4 Å². The summed E-state index contributed by atoms with van der Waals surface area (Å²) in [6.07, 6.45) is 5.96. The van der Waals surface area contributed by atoms with E-state index < -0.39 is 0 Å². The van der Waals surface area contributed by atoms with Crippen LogP contribution >= 0.6 is 11.6 Å². The third-order valence-corrected chi connectivity index (χ3v) is 6.32. The standard InChI is InChI=1S/C24H24ClN7O2/c1-34-17-6-7-19(27-12-17)18-14-32(22-8-10-26-21-13-28-31-23(21)22)11-9-20(18)30-24(33)29-16-4-2-15(25)3-5-16/h2-8,10,12-13,18,20H,9,11,14H2,1H3,(H,28,31)(H2,29,30,33). The Hall–Kier alpha value is -3.85. The minimum absolute atomic E-state index is 0.0400. The Bertz CT molecular complexity index is 1280. The number of H-pyrrole nitrogens is 1. The van der Waals surface area contributed by atoms with Crippen molar-refractivity contribution in [1.82, 2.24) is 25.5 Å². The van der Waals surface area contributed by atoms with Gasteiger partial charge in [0.15, 0.2) is 0 Å². The molecule has 10 heteroatoms. The Morgan fingerprint density at radius 3 is 2.76 bits per heavy atom. The first-order chi connectivity index (χ1) is 16.6. The highest BCUT2D eigenvalue weighted by Crippen LogP contribution is 2.32. The van der Waals surface area contributed by atoms with Crippen molar-refractivity contribution in [2.24, 2.45) is 0 Å². The molecule has 2 amide bonds. The maximum absolute atomic E-state index is 12.8. The molecule has 0 aliphatic carbocycles. The highest BCUT2D eigenvalue weighted by atomic mass is 35.5. The predicted octanol–water partition coefficient (Wildman–Crippen LogP) is 4.20. The van der Waals surface area contributed by atoms with Crippen molar-refractivity contribution in [3.8, 4) is 5.75 Å². The number of nitrogens with one attached hydrogen (secondary N) is 3. The number of piperidine rings is 1. The first kappa shape index (κ1) is 22.0. The molecule has 0 radical (unpaired) electrons. The molecular weight excluding hydrogens is 454 g/mol. The van der Waals surface area contributed by atoms with E-state index in [1.807, 2.05) is 18.2 Å². The fraction of sp³-hybridized carbons (Fsp3) is 0.250. The summed E-state index contributed by atoms with van der Waals surface area (Å²) in [5, 5.41) is 13.8. The van der Waals surface area contributed by atoms with Gasteiger partial charge in [0, 0.05) is 47.7 Å². The molecule has 9 nitrogen and oxygen atoms in total. The lowest BCUT2D eigenvalue weighted by atomic mass is 9.88. The molecule has 3 N–H and O–H groups in total. The zero-order chi connectivity index (χ0) is 23.5. The van der Waals surface area contributed by atoms with E-state index in [-0.39, 0.29) is 18.0 Å². The Labute approximate surface area is 201 Å².